The molecule has 0 fully saturated rings. The van der Waals surface area contributed by atoms with Gasteiger partial charge in [-0.3, -0.25) is 9.78 Å². The van der Waals surface area contributed by atoms with E-state index in [1.807, 2.05) is 78.9 Å². The molecule has 5 rings (SSSR count). The van der Waals surface area contributed by atoms with Crippen LogP contribution in [0.3, 0.4) is 0 Å². The van der Waals surface area contributed by atoms with Crippen molar-refractivity contribution in [2.24, 2.45) is 0 Å². The first-order chi connectivity index (χ1) is 15.3. The second kappa shape index (κ2) is 8.20. The number of anilines is 1. The van der Waals surface area contributed by atoms with Crippen molar-refractivity contribution < 1.29 is 9.32 Å². The molecule has 0 atom stereocenters. The summed E-state index contributed by atoms with van der Waals surface area (Å²) in [6, 6.07) is 24.8. The molecule has 3 aromatic carbocycles. The maximum absolute atomic E-state index is 13.1. The number of para-hydroxylation sites is 1. The fourth-order valence-corrected chi connectivity index (χ4v) is 3.52. The molecule has 5 aromatic rings. The molecule has 6 heteroatoms. The highest BCUT2D eigenvalue weighted by atomic mass is 16.5. The SMILES string of the molecule is O=C(Nc1ccccc1Cc1nc(-c2ccncc2)no1)c1cccc2ccccc12. The Morgan fingerprint density at radius 3 is 2.55 bits per heavy atom. The van der Waals surface area contributed by atoms with Crippen molar-refractivity contribution in [2.45, 2.75) is 6.42 Å². The Bertz CT molecular complexity index is 1360. The second-order valence-electron chi connectivity index (χ2n) is 7.06. The molecule has 2 heterocycles. The number of carbonyl (C=O) groups is 1. The zero-order chi connectivity index (χ0) is 21.0. The van der Waals surface area contributed by atoms with E-state index >= 15 is 0 Å². The molecular formula is C25H18N4O2. The van der Waals surface area contributed by atoms with E-state index in [1.165, 1.54) is 0 Å². The van der Waals surface area contributed by atoms with E-state index < -0.39 is 0 Å². The van der Waals surface area contributed by atoms with Crippen LogP contribution in [0.15, 0.2) is 95.8 Å². The standard InChI is InChI=1S/C25H18N4O2/c30-25(21-10-5-8-17-6-1-3-9-20(17)21)27-22-11-4-2-7-19(22)16-23-28-24(29-31-23)18-12-14-26-15-13-18/h1-15H,16H2,(H,27,30). The Hall–Kier alpha value is -4.32. The zero-order valence-electron chi connectivity index (χ0n) is 16.5. The fraction of sp³-hybridized carbons (Fsp3) is 0.0400. The Balaban J connectivity index is 1.40. The average Bonchev–Trinajstić information content (AvgIpc) is 3.29. The van der Waals surface area contributed by atoms with E-state index in [1.54, 1.807) is 12.4 Å². The van der Waals surface area contributed by atoms with Crippen molar-refractivity contribution in [1.82, 2.24) is 15.1 Å². The van der Waals surface area contributed by atoms with Crippen LogP contribution in [0.25, 0.3) is 22.2 Å². The lowest BCUT2D eigenvalue weighted by atomic mass is 10.0. The molecule has 6 nitrogen and oxygen atoms in total. The Kier molecular flexibility index (Phi) is 4.94. The van der Waals surface area contributed by atoms with Crippen LogP contribution in [0.2, 0.25) is 0 Å². The number of nitrogens with zero attached hydrogens (tertiary/aromatic N) is 3. The molecule has 31 heavy (non-hydrogen) atoms. The molecule has 1 N–H and O–H groups in total. The first kappa shape index (κ1) is 18.7. The molecule has 0 spiro atoms. The van der Waals surface area contributed by atoms with Crippen LogP contribution in [0.1, 0.15) is 21.8 Å². The molecule has 0 saturated heterocycles. The van der Waals surface area contributed by atoms with Crippen molar-refractivity contribution >= 4 is 22.4 Å². The van der Waals surface area contributed by atoms with Gasteiger partial charge in [0.25, 0.3) is 5.91 Å². The van der Waals surface area contributed by atoms with Gasteiger partial charge in [-0.1, -0.05) is 59.8 Å². The van der Waals surface area contributed by atoms with Gasteiger partial charge >= 0.3 is 0 Å². The number of nitrogens with one attached hydrogen (secondary N) is 1. The number of rotatable bonds is 5. The average molecular weight is 406 g/mol. The first-order valence-corrected chi connectivity index (χ1v) is 9.88. The van der Waals surface area contributed by atoms with Crippen LogP contribution >= 0.6 is 0 Å². The molecule has 0 bridgehead atoms. The highest BCUT2D eigenvalue weighted by molar-refractivity contribution is 6.13. The van der Waals surface area contributed by atoms with Crippen molar-refractivity contribution in [1.29, 1.82) is 0 Å². The van der Waals surface area contributed by atoms with Crippen LogP contribution in [-0.4, -0.2) is 21.0 Å². The molecule has 2 aromatic heterocycles. The van der Waals surface area contributed by atoms with Gasteiger partial charge in [0.05, 0.1) is 6.42 Å². The molecule has 0 aliphatic carbocycles. The number of aromatic nitrogens is 3. The summed E-state index contributed by atoms with van der Waals surface area (Å²) in [5, 5.41) is 9.04. The monoisotopic (exact) mass is 406 g/mol. The van der Waals surface area contributed by atoms with Gasteiger partial charge in [-0.05, 0) is 40.6 Å². The van der Waals surface area contributed by atoms with E-state index in [0.29, 0.717) is 29.4 Å². The predicted molar refractivity (Wildman–Crippen MR) is 119 cm³/mol. The summed E-state index contributed by atoms with van der Waals surface area (Å²) in [5.74, 6) is 0.820. The van der Waals surface area contributed by atoms with E-state index in [4.69, 9.17) is 4.52 Å². The van der Waals surface area contributed by atoms with Crippen molar-refractivity contribution in [3.63, 3.8) is 0 Å². The lowest BCUT2D eigenvalue weighted by Gasteiger charge is -2.11. The summed E-state index contributed by atoms with van der Waals surface area (Å²) in [7, 11) is 0. The van der Waals surface area contributed by atoms with Gasteiger partial charge in [0.15, 0.2) is 0 Å². The summed E-state index contributed by atoms with van der Waals surface area (Å²) in [5.41, 5.74) is 3.07. The Morgan fingerprint density at radius 1 is 0.871 bits per heavy atom. The summed E-state index contributed by atoms with van der Waals surface area (Å²) in [4.78, 5) is 21.5. The summed E-state index contributed by atoms with van der Waals surface area (Å²) in [6.45, 7) is 0. The highest BCUT2D eigenvalue weighted by Gasteiger charge is 2.15. The topological polar surface area (TPSA) is 80.9 Å². The van der Waals surface area contributed by atoms with Crippen molar-refractivity contribution in [3.05, 3.63) is 108 Å². The molecule has 0 saturated carbocycles. The third-order valence-corrected chi connectivity index (χ3v) is 5.05. The largest absolute Gasteiger partial charge is 0.339 e. The number of carbonyl (C=O) groups excluding carboxylic acids is 1. The lowest BCUT2D eigenvalue weighted by molar-refractivity contribution is 0.102. The number of benzene rings is 3. The third-order valence-electron chi connectivity index (χ3n) is 5.05. The van der Waals surface area contributed by atoms with Crippen LogP contribution in [-0.2, 0) is 6.42 Å². The molecule has 150 valence electrons. The van der Waals surface area contributed by atoms with Gasteiger partial charge in [0.2, 0.25) is 11.7 Å². The van der Waals surface area contributed by atoms with E-state index in [9.17, 15) is 4.79 Å². The zero-order valence-corrected chi connectivity index (χ0v) is 16.5. The minimum absolute atomic E-state index is 0.160. The van der Waals surface area contributed by atoms with Gasteiger partial charge in [-0.2, -0.15) is 4.98 Å². The van der Waals surface area contributed by atoms with Crippen LogP contribution in [0.4, 0.5) is 5.69 Å². The molecule has 0 radical (unpaired) electrons. The number of pyridine rings is 1. The van der Waals surface area contributed by atoms with Crippen LogP contribution in [0.5, 0.6) is 0 Å². The summed E-state index contributed by atoms with van der Waals surface area (Å²) in [6.07, 6.45) is 3.77. The molecule has 0 aliphatic heterocycles. The minimum atomic E-state index is -0.160. The van der Waals surface area contributed by atoms with Gasteiger partial charge < -0.3 is 9.84 Å². The molecule has 0 unspecified atom stereocenters. The van der Waals surface area contributed by atoms with Gasteiger partial charge in [0, 0.05) is 29.2 Å². The van der Waals surface area contributed by atoms with Crippen molar-refractivity contribution in [3.8, 4) is 11.4 Å². The maximum Gasteiger partial charge on any atom is 0.256 e. The van der Waals surface area contributed by atoms with Gasteiger partial charge in [-0.15, -0.1) is 0 Å². The number of hydrogen-bond donors (Lipinski definition) is 1. The molecule has 0 aliphatic rings. The number of amides is 1. The van der Waals surface area contributed by atoms with Crippen LogP contribution < -0.4 is 5.32 Å². The second-order valence-corrected chi connectivity index (χ2v) is 7.06. The summed E-state index contributed by atoms with van der Waals surface area (Å²) >= 11 is 0. The lowest BCUT2D eigenvalue weighted by Crippen LogP contribution is -2.14. The fourth-order valence-electron chi connectivity index (χ4n) is 3.52. The molecular weight excluding hydrogens is 388 g/mol. The quantitative estimate of drug-likeness (QED) is 0.438. The molecule has 1 amide bonds. The predicted octanol–water partition coefficient (Wildman–Crippen LogP) is 5.13. The van der Waals surface area contributed by atoms with E-state index in [2.05, 4.69) is 20.4 Å². The van der Waals surface area contributed by atoms with E-state index in [-0.39, 0.29) is 5.91 Å². The first-order valence-electron chi connectivity index (χ1n) is 9.88. The van der Waals surface area contributed by atoms with Crippen molar-refractivity contribution in [2.75, 3.05) is 5.32 Å². The normalized spacial score (nSPS) is 10.8. The summed E-state index contributed by atoms with van der Waals surface area (Å²) < 4.78 is 5.43. The highest BCUT2D eigenvalue weighted by Crippen LogP contribution is 2.23. The smallest absolute Gasteiger partial charge is 0.256 e. The van der Waals surface area contributed by atoms with E-state index in [0.717, 1.165) is 21.9 Å². The van der Waals surface area contributed by atoms with Crippen LogP contribution in [0, 0.1) is 0 Å². The maximum atomic E-state index is 13.1. The Morgan fingerprint density at radius 2 is 1.65 bits per heavy atom. The number of hydrogen-bond acceptors (Lipinski definition) is 5. The van der Waals surface area contributed by atoms with Gasteiger partial charge in [-0.25, -0.2) is 0 Å². The minimum Gasteiger partial charge on any atom is -0.339 e. The third kappa shape index (κ3) is 3.91. The Labute approximate surface area is 178 Å². The van der Waals surface area contributed by atoms with Gasteiger partial charge in [0.1, 0.15) is 0 Å². The number of fused-ring (bicyclic) bond motifs is 1.